The maximum atomic E-state index is 11.2. The Labute approximate surface area is 108 Å². The first kappa shape index (κ1) is 13.1. The van der Waals surface area contributed by atoms with E-state index in [0.717, 1.165) is 11.0 Å². The van der Waals surface area contributed by atoms with Gasteiger partial charge in [0.2, 0.25) is 0 Å². The number of aryl methyl sites for hydroxylation is 1. The predicted molar refractivity (Wildman–Crippen MR) is 73.5 cm³/mol. The number of imidazole rings is 1. The van der Waals surface area contributed by atoms with Crippen LogP contribution in [0.15, 0.2) is 24.5 Å². The molecule has 0 saturated heterocycles. The molecule has 0 saturated carbocycles. The van der Waals surface area contributed by atoms with E-state index in [1.54, 1.807) is 6.33 Å². The predicted octanol–water partition coefficient (Wildman–Crippen LogP) is 2.34. The van der Waals surface area contributed by atoms with Crippen molar-refractivity contribution in [2.24, 2.45) is 0 Å². The van der Waals surface area contributed by atoms with Crippen LogP contribution in [0.1, 0.15) is 24.9 Å². The lowest BCUT2D eigenvalue weighted by Crippen LogP contribution is -2.11. The van der Waals surface area contributed by atoms with Crippen LogP contribution in [0.3, 0.4) is 0 Å². The van der Waals surface area contributed by atoms with Gasteiger partial charge in [-0.1, -0.05) is 6.07 Å². The summed E-state index contributed by atoms with van der Waals surface area (Å²) in [4.78, 5) is 4.34. The smallest absolute Gasteiger partial charge is 0.147 e. The van der Waals surface area contributed by atoms with Crippen LogP contribution in [0.25, 0.3) is 11.0 Å². The maximum absolute atomic E-state index is 11.2. The quantitative estimate of drug-likeness (QED) is 0.853. The lowest BCUT2D eigenvalue weighted by molar-refractivity contribution is 0.534. The summed E-state index contributed by atoms with van der Waals surface area (Å²) >= 11 is 0. The molecule has 0 aliphatic carbocycles. The fourth-order valence-corrected chi connectivity index (χ4v) is 2.78. The molecule has 0 N–H and O–H groups in total. The number of nitrogens with zero attached hydrogens (tertiary/aromatic N) is 2. The van der Waals surface area contributed by atoms with E-state index in [0.29, 0.717) is 6.42 Å². The molecular formula is C13H18N2O2S. The summed E-state index contributed by atoms with van der Waals surface area (Å²) in [5, 5.41) is 0. The van der Waals surface area contributed by atoms with Crippen molar-refractivity contribution in [1.29, 1.82) is 0 Å². The van der Waals surface area contributed by atoms with E-state index >= 15 is 0 Å². The Balaban J connectivity index is 2.27. The van der Waals surface area contributed by atoms with Crippen LogP contribution in [-0.4, -0.2) is 30.0 Å². The van der Waals surface area contributed by atoms with Gasteiger partial charge in [-0.15, -0.1) is 0 Å². The first-order valence-electron chi connectivity index (χ1n) is 5.98. The topological polar surface area (TPSA) is 52.0 Å². The van der Waals surface area contributed by atoms with Gasteiger partial charge in [0, 0.05) is 12.3 Å². The van der Waals surface area contributed by atoms with Gasteiger partial charge in [0.1, 0.15) is 9.84 Å². The van der Waals surface area contributed by atoms with Gasteiger partial charge in [-0.3, -0.25) is 0 Å². The Morgan fingerprint density at radius 2 is 2.11 bits per heavy atom. The molecule has 1 aromatic carbocycles. The van der Waals surface area contributed by atoms with Crippen molar-refractivity contribution in [2.45, 2.75) is 26.3 Å². The summed E-state index contributed by atoms with van der Waals surface area (Å²) in [5.74, 6) is 0.208. The number of sulfone groups is 1. The van der Waals surface area contributed by atoms with Crippen molar-refractivity contribution in [2.75, 3.05) is 12.0 Å². The number of hydrogen-bond acceptors (Lipinski definition) is 3. The van der Waals surface area contributed by atoms with E-state index in [-0.39, 0.29) is 11.8 Å². The third-order valence-corrected chi connectivity index (χ3v) is 4.09. The molecule has 18 heavy (non-hydrogen) atoms. The average Bonchev–Trinajstić information content (AvgIpc) is 2.67. The van der Waals surface area contributed by atoms with Crippen LogP contribution in [0.2, 0.25) is 0 Å². The fraction of sp³-hybridized carbons (Fsp3) is 0.462. The van der Waals surface area contributed by atoms with Crippen molar-refractivity contribution in [3.05, 3.63) is 30.1 Å². The van der Waals surface area contributed by atoms with Crippen molar-refractivity contribution in [3.63, 3.8) is 0 Å². The van der Waals surface area contributed by atoms with Crippen molar-refractivity contribution in [3.8, 4) is 0 Å². The zero-order valence-corrected chi connectivity index (χ0v) is 11.7. The molecule has 4 nitrogen and oxygen atoms in total. The molecule has 0 aliphatic rings. The molecule has 1 aromatic heterocycles. The van der Waals surface area contributed by atoms with Gasteiger partial charge in [0.25, 0.3) is 0 Å². The largest absolute Gasteiger partial charge is 0.328 e. The van der Waals surface area contributed by atoms with E-state index in [9.17, 15) is 8.42 Å². The highest BCUT2D eigenvalue weighted by atomic mass is 32.2. The summed E-state index contributed by atoms with van der Waals surface area (Å²) in [5.41, 5.74) is 3.20. The summed E-state index contributed by atoms with van der Waals surface area (Å²) < 4.78 is 24.4. The van der Waals surface area contributed by atoms with Crippen molar-refractivity contribution < 1.29 is 8.42 Å². The van der Waals surface area contributed by atoms with Gasteiger partial charge in [-0.25, -0.2) is 13.4 Å². The van der Waals surface area contributed by atoms with Crippen LogP contribution in [-0.2, 0) is 9.84 Å². The van der Waals surface area contributed by atoms with Crippen molar-refractivity contribution >= 4 is 20.9 Å². The number of rotatable bonds is 4. The zero-order valence-electron chi connectivity index (χ0n) is 10.9. The maximum Gasteiger partial charge on any atom is 0.147 e. The number of aromatic nitrogens is 2. The monoisotopic (exact) mass is 266 g/mol. The molecular weight excluding hydrogens is 248 g/mol. The van der Waals surface area contributed by atoms with Gasteiger partial charge in [-0.05, 0) is 38.0 Å². The van der Waals surface area contributed by atoms with E-state index in [1.807, 2.05) is 30.5 Å². The highest BCUT2D eigenvalue weighted by Crippen LogP contribution is 2.21. The lowest BCUT2D eigenvalue weighted by Gasteiger charge is -2.13. The SMILES string of the molecule is Cc1ccc2ncn(C(C)CCS(C)(=O)=O)c2c1. The highest BCUT2D eigenvalue weighted by Gasteiger charge is 2.12. The minimum atomic E-state index is -2.91. The van der Waals surface area contributed by atoms with E-state index < -0.39 is 9.84 Å². The van der Waals surface area contributed by atoms with Crippen LogP contribution in [0.5, 0.6) is 0 Å². The van der Waals surface area contributed by atoms with Crippen molar-refractivity contribution in [1.82, 2.24) is 9.55 Å². The summed E-state index contributed by atoms with van der Waals surface area (Å²) in [6.45, 7) is 4.06. The molecule has 5 heteroatoms. The van der Waals surface area contributed by atoms with Gasteiger partial charge in [-0.2, -0.15) is 0 Å². The number of benzene rings is 1. The Kier molecular flexibility index (Phi) is 3.43. The molecule has 0 bridgehead atoms. The minimum Gasteiger partial charge on any atom is -0.328 e. The second kappa shape index (κ2) is 4.72. The van der Waals surface area contributed by atoms with Gasteiger partial charge in [0.05, 0.1) is 23.1 Å². The molecule has 2 rings (SSSR count). The first-order valence-corrected chi connectivity index (χ1v) is 8.04. The molecule has 2 aromatic rings. The second-order valence-electron chi connectivity index (χ2n) is 4.91. The van der Waals surface area contributed by atoms with E-state index in [2.05, 4.69) is 11.1 Å². The van der Waals surface area contributed by atoms with Crippen LogP contribution >= 0.6 is 0 Å². The number of fused-ring (bicyclic) bond motifs is 1. The second-order valence-corrected chi connectivity index (χ2v) is 7.17. The third-order valence-electron chi connectivity index (χ3n) is 3.11. The summed E-state index contributed by atoms with van der Waals surface area (Å²) in [6.07, 6.45) is 3.67. The zero-order chi connectivity index (χ0) is 13.3. The van der Waals surface area contributed by atoms with Crippen LogP contribution in [0.4, 0.5) is 0 Å². The Morgan fingerprint density at radius 3 is 2.78 bits per heavy atom. The molecule has 1 atom stereocenters. The van der Waals surface area contributed by atoms with Crippen LogP contribution < -0.4 is 0 Å². The summed E-state index contributed by atoms with van der Waals surface area (Å²) in [6, 6.07) is 6.23. The molecule has 0 radical (unpaired) electrons. The average molecular weight is 266 g/mol. The molecule has 1 heterocycles. The molecule has 1 unspecified atom stereocenters. The molecule has 0 amide bonds. The molecule has 0 fully saturated rings. The van der Waals surface area contributed by atoms with Gasteiger partial charge < -0.3 is 4.57 Å². The van der Waals surface area contributed by atoms with E-state index in [1.165, 1.54) is 11.8 Å². The Hall–Kier alpha value is -1.36. The van der Waals surface area contributed by atoms with E-state index in [4.69, 9.17) is 0 Å². The fourth-order valence-electron chi connectivity index (χ4n) is 2.01. The Bertz CT molecular complexity index is 659. The Morgan fingerprint density at radius 1 is 1.39 bits per heavy atom. The standard InChI is InChI=1S/C13H18N2O2S/c1-10-4-5-12-13(8-10)15(9-14-12)11(2)6-7-18(3,16)17/h4-5,8-9,11H,6-7H2,1-3H3. The molecule has 98 valence electrons. The molecule has 0 spiro atoms. The van der Waals surface area contributed by atoms with Gasteiger partial charge >= 0.3 is 0 Å². The molecule has 0 aliphatic heterocycles. The highest BCUT2D eigenvalue weighted by molar-refractivity contribution is 7.90. The first-order chi connectivity index (χ1) is 8.37. The van der Waals surface area contributed by atoms with Crippen LogP contribution in [0, 0.1) is 6.92 Å². The third kappa shape index (κ3) is 2.90. The normalized spacial score (nSPS) is 13.9. The lowest BCUT2D eigenvalue weighted by atomic mass is 10.2. The summed E-state index contributed by atoms with van der Waals surface area (Å²) in [7, 11) is -2.91. The number of hydrogen-bond donors (Lipinski definition) is 0. The minimum absolute atomic E-state index is 0.131. The van der Waals surface area contributed by atoms with Gasteiger partial charge in [0.15, 0.2) is 0 Å².